The van der Waals surface area contributed by atoms with Gasteiger partial charge in [-0.25, -0.2) is 0 Å². The van der Waals surface area contributed by atoms with Gasteiger partial charge in [-0.05, 0) is 28.2 Å². The van der Waals surface area contributed by atoms with E-state index in [4.69, 9.17) is 4.74 Å². The third kappa shape index (κ3) is 4.06. The van der Waals surface area contributed by atoms with Gasteiger partial charge in [-0.1, -0.05) is 63.2 Å². The summed E-state index contributed by atoms with van der Waals surface area (Å²) in [6.07, 6.45) is 0.427. The van der Waals surface area contributed by atoms with Gasteiger partial charge in [0.15, 0.2) is 0 Å². The normalized spacial score (nSPS) is 13.6. The Labute approximate surface area is 121 Å². The first-order valence-electron chi connectivity index (χ1n) is 7.21. The zero-order chi connectivity index (χ0) is 14.6. The van der Waals surface area contributed by atoms with Crippen molar-refractivity contribution in [2.24, 2.45) is 5.41 Å². The molecule has 0 radical (unpaired) electrons. The van der Waals surface area contributed by atoms with E-state index in [9.17, 15) is 5.11 Å². The Kier molecular flexibility index (Phi) is 4.79. The van der Waals surface area contributed by atoms with E-state index < -0.39 is 6.10 Å². The Morgan fingerprint density at radius 3 is 2.50 bits per heavy atom. The van der Waals surface area contributed by atoms with Gasteiger partial charge in [0, 0.05) is 6.61 Å². The standard InChI is InChI=1S/C18H24O2/c1-18(2,3)11-12-20-13-17(19)16-10-6-8-14-7-4-5-9-15(14)16/h4-10,17,19H,11-13H2,1-3H3. The highest BCUT2D eigenvalue weighted by atomic mass is 16.5. The van der Waals surface area contributed by atoms with Crippen LogP contribution in [0, 0.1) is 5.41 Å². The molecule has 0 aliphatic heterocycles. The van der Waals surface area contributed by atoms with E-state index in [-0.39, 0.29) is 5.41 Å². The van der Waals surface area contributed by atoms with Crippen LogP contribution >= 0.6 is 0 Å². The fourth-order valence-electron chi connectivity index (χ4n) is 2.20. The van der Waals surface area contributed by atoms with Gasteiger partial charge in [0.2, 0.25) is 0 Å². The Balaban J connectivity index is 1.99. The predicted octanol–water partition coefficient (Wildman–Crippen LogP) is 4.33. The molecule has 2 aromatic rings. The number of aliphatic hydroxyl groups is 1. The summed E-state index contributed by atoms with van der Waals surface area (Å²) in [5, 5.41) is 12.6. The highest BCUT2D eigenvalue weighted by Gasteiger charge is 2.13. The largest absolute Gasteiger partial charge is 0.386 e. The average molecular weight is 272 g/mol. The number of hydrogen-bond acceptors (Lipinski definition) is 2. The Hall–Kier alpha value is -1.38. The molecule has 0 bridgehead atoms. The van der Waals surface area contributed by atoms with Crippen molar-refractivity contribution in [1.29, 1.82) is 0 Å². The minimum atomic E-state index is -0.568. The smallest absolute Gasteiger partial charge is 0.103 e. The van der Waals surface area contributed by atoms with Crippen LogP contribution in [0.3, 0.4) is 0 Å². The summed E-state index contributed by atoms with van der Waals surface area (Å²) in [6, 6.07) is 14.1. The number of hydrogen-bond donors (Lipinski definition) is 1. The first-order chi connectivity index (χ1) is 9.47. The Bertz CT molecular complexity index is 549. The molecule has 20 heavy (non-hydrogen) atoms. The van der Waals surface area contributed by atoms with Gasteiger partial charge in [0.1, 0.15) is 6.10 Å². The quantitative estimate of drug-likeness (QED) is 0.821. The Morgan fingerprint density at radius 1 is 1.05 bits per heavy atom. The molecule has 1 unspecified atom stereocenters. The molecule has 0 aromatic heterocycles. The zero-order valence-electron chi connectivity index (χ0n) is 12.6. The van der Waals surface area contributed by atoms with E-state index in [0.29, 0.717) is 13.2 Å². The lowest BCUT2D eigenvalue weighted by Gasteiger charge is -2.19. The zero-order valence-corrected chi connectivity index (χ0v) is 12.6. The van der Waals surface area contributed by atoms with Crippen molar-refractivity contribution in [2.75, 3.05) is 13.2 Å². The fourth-order valence-corrected chi connectivity index (χ4v) is 2.20. The maximum atomic E-state index is 10.3. The van der Waals surface area contributed by atoms with Crippen LogP contribution in [-0.2, 0) is 4.74 Å². The third-order valence-electron chi connectivity index (χ3n) is 3.45. The number of fused-ring (bicyclic) bond motifs is 1. The number of benzene rings is 2. The molecular weight excluding hydrogens is 248 g/mol. The van der Waals surface area contributed by atoms with Crippen molar-refractivity contribution >= 4 is 10.8 Å². The fraction of sp³-hybridized carbons (Fsp3) is 0.444. The van der Waals surface area contributed by atoms with Crippen LogP contribution in [0.5, 0.6) is 0 Å². The van der Waals surface area contributed by atoms with Gasteiger partial charge < -0.3 is 9.84 Å². The molecule has 0 spiro atoms. The van der Waals surface area contributed by atoms with Gasteiger partial charge in [-0.15, -0.1) is 0 Å². The molecule has 2 aromatic carbocycles. The minimum absolute atomic E-state index is 0.268. The van der Waals surface area contributed by atoms with Crippen LogP contribution in [0.1, 0.15) is 38.9 Å². The molecule has 1 atom stereocenters. The van der Waals surface area contributed by atoms with Crippen LogP contribution < -0.4 is 0 Å². The van der Waals surface area contributed by atoms with Gasteiger partial charge in [0.05, 0.1) is 6.61 Å². The second-order valence-corrected chi connectivity index (χ2v) is 6.47. The monoisotopic (exact) mass is 272 g/mol. The SMILES string of the molecule is CC(C)(C)CCOCC(O)c1cccc2ccccc12. The van der Waals surface area contributed by atoms with E-state index in [1.165, 1.54) is 0 Å². The molecule has 0 heterocycles. The van der Waals surface area contributed by atoms with E-state index in [0.717, 1.165) is 22.8 Å². The van der Waals surface area contributed by atoms with Gasteiger partial charge in [-0.2, -0.15) is 0 Å². The molecule has 1 N–H and O–H groups in total. The molecule has 0 aliphatic rings. The molecule has 0 fully saturated rings. The maximum Gasteiger partial charge on any atom is 0.103 e. The molecule has 108 valence electrons. The first kappa shape index (κ1) is 15.0. The van der Waals surface area contributed by atoms with Crippen molar-refractivity contribution in [3.63, 3.8) is 0 Å². The van der Waals surface area contributed by atoms with Crippen molar-refractivity contribution in [3.8, 4) is 0 Å². The molecule has 0 aliphatic carbocycles. The topological polar surface area (TPSA) is 29.5 Å². The average Bonchev–Trinajstić information content (AvgIpc) is 2.41. The minimum Gasteiger partial charge on any atom is -0.386 e. The second-order valence-electron chi connectivity index (χ2n) is 6.47. The van der Waals surface area contributed by atoms with Crippen molar-refractivity contribution < 1.29 is 9.84 Å². The highest BCUT2D eigenvalue weighted by molar-refractivity contribution is 5.85. The first-order valence-corrected chi connectivity index (χ1v) is 7.21. The van der Waals surface area contributed by atoms with Crippen LogP contribution in [0.2, 0.25) is 0 Å². The molecule has 0 saturated heterocycles. The van der Waals surface area contributed by atoms with Crippen LogP contribution in [0.4, 0.5) is 0 Å². The predicted molar refractivity (Wildman–Crippen MR) is 83.8 cm³/mol. The van der Waals surface area contributed by atoms with Gasteiger partial charge >= 0.3 is 0 Å². The summed E-state index contributed by atoms with van der Waals surface area (Å²) >= 11 is 0. The van der Waals surface area contributed by atoms with Crippen molar-refractivity contribution in [2.45, 2.75) is 33.3 Å². The van der Waals surface area contributed by atoms with E-state index in [2.05, 4.69) is 32.9 Å². The van der Waals surface area contributed by atoms with Gasteiger partial charge in [0.25, 0.3) is 0 Å². The third-order valence-corrected chi connectivity index (χ3v) is 3.45. The van der Waals surface area contributed by atoms with Crippen LogP contribution in [0.25, 0.3) is 10.8 Å². The molecule has 0 saturated carbocycles. The number of aliphatic hydroxyl groups excluding tert-OH is 1. The summed E-state index contributed by atoms with van der Waals surface area (Å²) in [5.74, 6) is 0. The Morgan fingerprint density at radius 2 is 1.75 bits per heavy atom. The lowest BCUT2D eigenvalue weighted by atomic mass is 9.93. The molecule has 2 heteroatoms. The molecular formula is C18H24O2. The lowest BCUT2D eigenvalue weighted by Crippen LogP contribution is -2.13. The summed E-state index contributed by atoms with van der Waals surface area (Å²) in [6.45, 7) is 7.61. The molecule has 2 rings (SSSR count). The molecule has 2 nitrogen and oxygen atoms in total. The van der Waals surface area contributed by atoms with Crippen molar-refractivity contribution in [3.05, 3.63) is 48.0 Å². The summed E-state index contributed by atoms with van der Waals surface area (Å²) in [7, 11) is 0. The highest BCUT2D eigenvalue weighted by Crippen LogP contribution is 2.25. The van der Waals surface area contributed by atoms with Crippen LogP contribution in [-0.4, -0.2) is 18.3 Å². The maximum absolute atomic E-state index is 10.3. The number of ether oxygens (including phenoxy) is 1. The molecule has 0 amide bonds. The van der Waals surface area contributed by atoms with Crippen LogP contribution in [0.15, 0.2) is 42.5 Å². The van der Waals surface area contributed by atoms with Crippen molar-refractivity contribution in [1.82, 2.24) is 0 Å². The van der Waals surface area contributed by atoms with E-state index in [1.54, 1.807) is 0 Å². The number of rotatable bonds is 5. The second kappa shape index (κ2) is 6.38. The van der Waals surface area contributed by atoms with E-state index in [1.807, 2.05) is 30.3 Å². The van der Waals surface area contributed by atoms with Gasteiger partial charge in [-0.3, -0.25) is 0 Å². The lowest BCUT2D eigenvalue weighted by molar-refractivity contribution is 0.0269. The summed E-state index contributed by atoms with van der Waals surface area (Å²) in [4.78, 5) is 0. The summed E-state index contributed by atoms with van der Waals surface area (Å²) < 4.78 is 5.62. The summed E-state index contributed by atoms with van der Waals surface area (Å²) in [5.41, 5.74) is 1.21. The van der Waals surface area contributed by atoms with E-state index >= 15 is 0 Å².